The van der Waals surface area contributed by atoms with Crippen LogP contribution in [0.3, 0.4) is 0 Å². The van der Waals surface area contributed by atoms with Gasteiger partial charge in [-0.1, -0.05) is 36.4 Å². The van der Waals surface area contributed by atoms with Crippen molar-refractivity contribution in [1.29, 1.82) is 0 Å². The summed E-state index contributed by atoms with van der Waals surface area (Å²) in [7, 11) is 0. The Bertz CT molecular complexity index is 1760. The predicted molar refractivity (Wildman–Crippen MR) is 144 cm³/mol. The van der Waals surface area contributed by atoms with Crippen LogP contribution in [0.4, 0.5) is 9.39 Å². The molecule has 192 valence electrons. The second kappa shape index (κ2) is 10.4. The van der Waals surface area contributed by atoms with Gasteiger partial charge in [0.05, 0.1) is 29.9 Å². The minimum atomic E-state index is -0.744. The predicted octanol–water partition coefficient (Wildman–Crippen LogP) is 5.57. The lowest BCUT2D eigenvalue weighted by Gasteiger charge is -2.13. The van der Waals surface area contributed by atoms with Crippen molar-refractivity contribution < 1.29 is 23.5 Å². The number of thiophene rings is 1. The average molecular weight is 532 g/mol. The summed E-state index contributed by atoms with van der Waals surface area (Å²) < 4.78 is 25.8. The number of fused-ring (bicyclic) bond motifs is 2. The summed E-state index contributed by atoms with van der Waals surface area (Å²) in [6, 6.07) is 16.3. The smallest absolute Gasteiger partial charge is 0.359 e. The molecule has 3 aromatic carbocycles. The first-order chi connectivity index (χ1) is 18.4. The maximum atomic E-state index is 14.0. The Morgan fingerprint density at radius 2 is 1.84 bits per heavy atom. The molecule has 1 N–H and O–H groups in total. The number of amides is 1. The molecule has 0 spiro atoms. The van der Waals surface area contributed by atoms with Gasteiger partial charge in [-0.15, -0.1) is 11.3 Å². The second-order valence-corrected chi connectivity index (χ2v) is 9.05. The molecular formula is C28H22FN3O5S. The van der Waals surface area contributed by atoms with Crippen LogP contribution in [0, 0.1) is 5.82 Å². The van der Waals surface area contributed by atoms with E-state index in [-0.39, 0.29) is 33.8 Å². The van der Waals surface area contributed by atoms with Gasteiger partial charge in [-0.3, -0.25) is 9.59 Å². The molecule has 0 saturated heterocycles. The number of ether oxygens (including phenoxy) is 2. The first-order valence-corrected chi connectivity index (χ1v) is 12.7. The summed E-state index contributed by atoms with van der Waals surface area (Å²) in [5.74, 6) is -1.41. The van der Waals surface area contributed by atoms with Crippen LogP contribution in [0.1, 0.15) is 34.7 Å². The van der Waals surface area contributed by atoms with E-state index in [4.69, 9.17) is 9.47 Å². The molecule has 0 unspecified atom stereocenters. The van der Waals surface area contributed by atoms with Crippen molar-refractivity contribution in [2.45, 2.75) is 13.8 Å². The van der Waals surface area contributed by atoms with Crippen LogP contribution < -0.4 is 15.6 Å². The zero-order valence-corrected chi connectivity index (χ0v) is 21.3. The van der Waals surface area contributed by atoms with E-state index >= 15 is 0 Å². The molecule has 0 radical (unpaired) electrons. The number of carbonyl (C=O) groups excluding carboxylic acids is 2. The van der Waals surface area contributed by atoms with Gasteiger partial charge in [0, 0.05) is 10.8 Å². The molecular weight excluding hydrogens is 509 g/mol. The highest BCUT2D eigenvalue weighted by Gasteiger charge is 2.25. The van der Waals surface area contributed by atoms with Gasteiger partial charge in [-0.05, 0) is 48.9 Å². The van der Waals surface area contributed by atoms with Crippen LogP contribution in [0.2, 0.25) is 0 Å². The summed E-state index contributed by atoms with van der Waals surface area (Å²) in [5, 5.41) is 10.6. The van der Waals surface area contributed by atoms with E-state index in [1.165, 1.54) is 18.2 Å². The second-order valence-electron chi connectivity index (χ2n) is 8.17. The lowest BCUT2D eigenvalue weighted by molar-refractivity contribution is 0.0520. The standard InChI is InChI=1S/C28H22FN3O5S/c1-3-36-21-13-12-16-8-5-6-11-19(16)22(21)25(33)30-26-23-20(15-38-26)24(28(35)37-4-2)31-32(27(23)34)18-10-7-9-17(29)14-18/h5-15H,3-4H2,1-2H3,(H,30,33). The third kappa shape index (κ3) is 4.50. The zero-order valence-electron chi connectivity index (χ0n) is 20.5. The number of hydrogen-bond acceptors (Lipinski definition) is 7. The van der Waals surface area contributed by atoms with Gasteiger partial charge in [0.1, 0.15) is 16.6 Å². The number of aromatic nitrogens is 2. The number of anilines is 1. The fraction of sp³-hybridized carbons (Fsp3) is 0.143. The van der Waals surface area contributed by atoms with Crippen LogP contribution in [-0.2, 0) is 4.74 Å². The molecule has 2 aromatic heterocycles. The molecule has 0 atom stereocenters. The number of esters is 1. The molecule has 0 saturated carbocycles. The van der Waals surface area contributed by atoms with Gasteiger partial charge in [0.2, 0.25) is 0 Å². The van der Waals surface area contributed by atoms with E-state index in [1.54, 1.807) is 18.4 Å². The lowest BCUT2D eigenvalue weighted by Crippen LogP contribution is -2.25. The fourth-order valence-electron chi connectivity index (χ4n) is 4.20. The van der Waals surface area contributed by atoms with E-state index in [0.717, 1.165) is 27.5 Å². The topological polar surface area (TPSA) is 99.5 Å². The quantitative estimate of drug-likeness (QED) is 0.276. The monoisotopic (exact) mass is 531 g/mol. The largest absolute Gasteiger partial charge is 0.493 e. The van der Waals surface area contributed by atoms with Crippen LogP contribution in [0.25, 0.3) is 27.2 Å². The molecule has 0 aliphatic rings. The Morgan fingerprint density at radius 3 is 2.61 bits per heavy atom. The number of nitrogens with one attached hydrogen (secondary N) is 1. The van der Waals surface area contributed by atoms with E-state index in [1.807, 2.05) is 37.3 Å². The van der Waals surface area contributed by atoms with E-state index < -0.39 is 23.3 Å². The summed E-state index contributed by atoms with van der Waals surface area (Å²) >= 11 is 1.07. The average Bonchev–Trinajstić information content (AvgIpc) is 3.33. The number of benzene rings is 3. The van der Waals surface area contributed by atoms with Crippen LogP contribution >= 0.6 is 11.3 Å². The number of rotatable bonds is 7. The molecule has 5 rings (SSSR count). The fourth-order valence-corrected chi connectivity index (χ4v) is 5.13. The molecule has 2 heterocycles. The molecule has 10 heteroatoms. The van der Waals surface area contributed by atoms with Crippen molar-refractivity contribution in [2.24, 2.45) is 0 Å². The van der Waals surface area contributed by atoms with Crippen LogP contribution in [0.15, 0.2) is 70.8 Å². The number of halogens is 1. The normalized spacial score (nSPS) is 11.0. The highest BCUT2D eigenvalue weighted by molar-refractivity contribution is 7.16. The van der Waals surface area contributed by atoms with Crippen LogP contribution in [-0.4, -0.2) is 34.9 Å². The summed E-state index contributed by atoms with van der Waals surface area (Å²) in [5.41, 5.74) is -0.309. The third-order valence-electron chi connectivity index (χ3n) is 5.82. The zero-order chi connectivity index (χ0) is 26.8. The van der Waals surface area contributed by atoms with E-state index in [2.05, 4.69) is 10.4 Å². The van der Waals surface area contributed by atoms with Crippen molar-refractivity contribution in [3.05, 3.63) is 93.5 Å². The van der Waals surface area contributed by atoms with E-state index in [0.29, 0.717) is 23.3 Å². The van der Waals surface area contributed by atoms with Crippen LogP contribution in [0.5, 0.6) is 5.75 Å². The third-order valence-corrected chi connectivity index (χ3v) is 6.71. The minimum Gasteiger partial charge on any atom is -0.493 e. The Hall–Kier alpha value is -4.57. The summed E-state index contributed by atoms with van der Waals surface area (Å²) in [6.45, 7) is 3.92. The molecule has 1 amide bonds. The Labute approximate surface area is 220 Å². The van der Waals surface area contributed by atoms with Gasteiger partial charge in [-0.25, -0.2) is 9.18 Å². The van der Waals surface area contributed by atoms with Crippen molar-refractivity contribution in [2.75, 3.05) is 18.5 Å². The van der Waals surface area contributed by atoms with Gasteiger partial charge < -0.3 is 14.8 Å². The number of nitrogens with zero attached hydrogens (tertiary/aromatic N) is 2. The molecule has 0 aliphatic carbocycles. The van der Waals surface area contributed by atoms with Gasteiger partial charge in [-0.2, -0.15) is 9.78 Å². The molecule has 0 bridgehead atoms. The van der Waals surface area contributed by atoms with Crippen molar-refractivity contribution in [3.8, 4) is 11.4 Å². The van der Waals surface area contributed by atoms with Gasteiger partial charge in [0.15, 0.2) is 5.69 Å². The van der Waals surface area contributed by atoms with Crippen molar-refractivity contribution in [1.82, 2.24) is 9.78 Å². The Morgan fingerprint density at radius 1 is 1.03 bits per heavy atom. The van der Waals surface area contributed by atoms with Gasteiger partial charge >= 0.3 is 5.97 Å². The van der Waals surface area contributed by atoms with Gasteiger partial charge in [0.25, 0.3) is 11.5 Å². The molecule has 8 nitrogen and oxygen atoms in total. The Balaban J connectivity index is 1.68. The molecule has 0 aliphatic heterocycles. The van der Waals surface area contributed by atoms with Crippen molar-refractivity contribution in [3.63, 3.8) is 0 Å². The maximum Gasteiger partial charge on any atom is 0.359 e. The maximum absolute atomic E-state index is 14.0. The molecule has 5 aromatic rings. The van der Waals surface area contributed by atoms with Crippen molar-refractivity contribution >= 4 is 49.8 Å². The first kappa shape index (κ1) is 25.1. The molecule has 0 fully saturated rings. The molecule has 38 heavy (non-hydrogen) atoms. The summed E-state index contributed by atoms with van der Waals surface area (Å²) in [4.78, 5) is 40.0. The number of carbonyl (C=O) groups is 2. The Kier molecular flexibility index (Phi) is 6.89. The number of hydrogen-bond donors (Lipinski definition) is 1. The highest BCUT2D eigenvalue weighted by atomic mass is 32.1. The minimum absolute atomic E-state index is 0.0591. The SMILES string of the molecule is CCOC(=O)c1nn(-c2cccc(F)c2)c(=O)c2c(NC(=O)c3c(OCC)ccc4ccccc34)scc12. The van der Waals surface area contributed by atoms with E-state index in [9.17, 15) is 18.8 Å². The first-order valence-electron chi connectivity index (χ1n) is 11.9. The lowest BCUT2D eigenvalue weighted by atomic mass is 10.0. The summed E-state index contributed by atoms with van der Waals surface area (Å²) in [6.07, 6.45) is 0. The highest BCUT2D eigenvalue weighted by Crippen LogP contribution is 2.34.